The highest BCUT2D eigenvalue weighted by molar-refractivity contribution is 5.99. The average Bonchev–Trinajstić information content (AvgIpc) is 2.96. The second-order valence-electron chi connectivity index (χ2n) is 5.40. The molecule has 8 nitrogen and oxygen atoms in total. The topological polar surface area (TPSA) is 89.6 Å². The summed E-state index contributed by atoms with van der Waals surface area (Å²) in [6.45, 7) is 0.900. The molecule has 11 heteroatoms. The van der Waals surface area contributed by atoms with E-state index in [4.69, 9.17) is 14.7 Å². The van der Waals surface area contributed by atoms with Crippen molar-refractivity contribution >= 4 is 11.9 Å². The Morgan fingerprint density at radius 3 is 2.72 bits per heavy atom. The molecule has 2 aliphatic rings. The van der Waals surface area contributed by atoms with Crippen LogP contribution in [0, 0.1) is 5.21 Å². The molecule has 1 atom stereocenters. The molecular weight excluding hydrogens is 347 g/mol. The Kier molecular flexibility index (Phi) is 4.57. The summed E-state index contributed by atoms with van der Waals surface area (Å²) in [7, 11) is 0. The van der Waals surface area contributed by atoms with E-state index in [1.165, 1.54) is 24.3 Å². The van der Waals surface area contributed by atoms with Gasteiger partial charge in [-0.1, -0.05) is 12.1 Å². The first-order valence-corrected chi connectivity index (χ1v) is 7.25. The second-order valence-corrected chi connectivity index (χ2v) is 5.40. The zero-order valence-electron chi connectivity index (χ0n) is 12.8. The van der Waals surface area contributed by atoms with E-state index in [-0.39, 0.29) is 48.4 Å². The van der Waals surface area contributed by atoms with Gasteiger partial charge < -0.3 is 24.6 Å². The molecule has 0 saturated carbocycles. The van der Waals surface area contributed by atoms with Gasteiger partial charge in [0.15, 0.2) is 0 Å². The van der Waals surface area contributed by atoms with Gasteiger partial charge in [0.25, 0.3) is 0 Å². The number of fused-ring (bicyclic) bond motifs is 1. The van der Waals surface area contributed by atoms with Crippen LogP contribution in [0.5, 0.6) is 5.75 Å². The molecular formula is C14H14F3N3O5. The highest BCUT2D eigenvalue weighted by Crippen LogP contribution is 2.23. The van der Waals surface area contributed by atoms with Gasteiger partial charge >= 0.3 is 18.2 Å². The smallest absolute Gasteiger partial charge is 0.490 e. The molecule has 0 bridgehead atoms. The minimum Gasteiger partial charge on any atom is -0.490 e. The van der Waals surface area contributed by atoms with Crippen LogP contribution in [0.25, 0.3) is 0 Å². The van der Waals surface area contributed by atoms with Crippen LogP contribution in [0.2, 0.25) is 0 Å². The number of ether oxygens (including phenoxy) is 3. The van der Waals surface area contributed by atoms with Gasteiger partial charge in [0.1, 0.15) is 25.0 Å². The van der Waals surface area contributed by atoms with Crippen molar-refractivity contribution < 1.29 is 37.5 Å². The minimum atomic E-state index is -4.73. The van der Waals surface area contributed by atoms with Crippen LogP contribution in [0.4, 0.5) is 13.2 Å². The Balaban J connectivity index is 1.50. The summed E-state index contributed by atoms with van der Waals surface area (Å²) in [5, 5.41) is 19.7. The van der Waals surface area contributed by atoms with E-state index >= 15 is 0 Å². The fraction of sp³-hybridized carbons (Fsp3) is 0.429. The lowest BCUT2D eigenvalue weighted by atomic mass is 10.2. The largest absolute Gasteiger partial charge is 0.573 e. The van der Waals surface area contributed by atoms with Crippen molar-refractivity contribution in [3.8, 4) is 5.75 Å². The lowest BCUT2D eigenvalue weighted by molar-refractivity contribution is -0.727. The lowest BCUT2D eigenvalue weighted by Gasteiger charge is -2.28. The molecule has 2 heterocycles. The summed E-state index contributed by atoms with van der Waals surface area (Å²) in [4.78, 5) is 5.17. The summed E-state index contributed by atoms with van der Waals surface area (Å²) in [5.41, 5.74) is 0.670. The third-order valence-corrected chi connectivity index (χ3v) is 3.51. The number of hydrogen-bond donors (Lipinski definition) is 1. The van der Waals surface area contributed by atoms with Gasteiger partial charge in [-0.15, -0.1) is 13.2 Å². The maximum atomic E-state index is 12.1. The van der Waals surface area contributed by atoms with Crippen LogP contribution >= 0.6 is 0 Å². The van der Waals surface area contributed by atoms with E-state index in [2.05, 4.69) is 9.73 Å². The van der Waals surface area contributed by atoms with E-state index in [1.54, 1.807) is 4.90 Å². The lowest BCUT2D eigenvalue weighted by Crippen LogP contribution is -2.46. The zero-order chi connectivity index (χ0) is 18.0. The maximum absolute atomic E-state index is 12.1. The summed E-state index contributed by atoms with van der Waals surface area (Å²) >= 11 is 0. The quantitative estimate of drug-likeness (QED) is 0.496. The monoisotopic (exact) mass is 361 g/mol. The zero-order valence-corrected chi connectivity index (χ0v) is 12.8. The van der Waals surface area contributed by atoms with Crippen molar-refractivity contribution in [1.29, 1.82) is 0 Å². The molecule has 0 radical (unpaired) electrons. The molecule has 0 aliphatic carbocycles. The van der Waals surface area contributed by atoms with E-state index < -0.39 is 6.36 Å². The van der Waals surface area contributed by atoms with Crippen molar-refractivity contribution in [3.05, 3.63) is 35.0 Å². The third-order valence-electron chi connectivity index (χ3n) is 3.51. The number of hydrogen-bond acceptors (Lipinski definition) is 6. The second kappa shape index (κ2) is 6.67. The number of rotatable bonds is 4. The predicted octanol–water partition coefficient (Wildman–Crippen LogP) is 1.47. The number of benzene rings is 1. The third kappa shape index (κ3) is 4.44. The maximum Gasteiger partial charge on any atom is 0.573 e. The van der Waals surface area contributed by atoms with Gasteiger partial charge in [0.05, 0.1) is 13.2 Å². The number of halogens is 3. The first-order chi connectivity index (χ1) is 11.8. The predicted molar refractivity (Wildman–Crippen MR) is 77.1 cm³/mol. The van der Waals surface area contributed by atoms with Crippen molar-refractivity contribution in [3.63, 3.8) is 0 Å². The van der Waals surface area contributed by atoms with Crippen LogP contribution in [0.3, 0.4) is 0 Å². The van der Waals surface area contributed by atoms with Gasteiger partial charge in [-0.3, -0.25) is 4.90 Å². The molecule has 0 unspecified atom stereocenters. The molecule has 1 aromatic carbocycles. The van der Waals surface area contributed by atoms with Crippen molar-refractivity contribution in [2.75, 3.05) is 19.7 Å². The van der Waals surface area contributed by atoms with Crippen LogP contribution in [0.1, 0.15) is 5.56 Å². The fourth-order valence-corrected chi connectivity index (χ4v) is 2.39. The van der Waals surface area contributed by atoms with Crippen molar-refractivity contribution in [2.24, 2.45) is 4.99 Å². The van der Waals surface area contributed by atoms with Crippen molar-refractivity contribution in [2.45, 2.75) is 19.1 Å². The number of alkyl halides is 3. The Morgan fingerprint density at radius 2 is 2.08 bits per heavy atom. The highest BCUT2D eigenvalue weighted by Gasteiger charge is 2.38. The van der Waals surface area contributed by atoms with E-state index in [1.807, 2.05) is 0 Å². The molecule has 1 saturated heterocycles. The Morgan fingerprint density at radius 1 is 1.36 bits per heavy atom. The van der Waals surface area contributed by atoms with E-state index in [0.29, 0.717) is 12.1 Å². The standard InChI is InChI=1S/C14H14F3N3O5/c15-14(16,17)25-10-3-1-9(2-4-10)7-23-11-5-19-6-12(20(21)22)18-13(19)24-8-11/h1-4,11H,5-8H2,(H,21,22)/t11-/m0/s1. The van der Waals surface area contributed by atoms with Crippen LogP contribution in [-0.4, -0.2) is 59.0 Å². The van der Waals surface area contributed by atoms with Gasteiger partial charge in [0, 0.05) is 4.99 Å². The normalized spacial score (nSPS) is 22.1. The van der Waals surface area contributed by atoms with E-state index in [0.717, 1.165) is 0 Å². The first-order valence-electron chi connectivity index (χ1n) is 7.25. The van der Waals surface area contributed by atoms with Crippen molar-refractivity contribution in [1.82, 2.24) is 4.90 Å². The average molecular weight is 361 g/mol. The Labute approximate surface area is 139 Å². The number of nitrogens with zero attached hydrogens (tertiary/aromatic N) is 3. The molecule has 0 spiro atoms. The molecule has 1 fully saturated rings. The summed E-state index contributed by atoms with van der Waals surface area (Å²) in [5.74, 6) is -0.375. The van der Waals surface area contributed by atoms with Crippen LogP contribution < -0.4 is 4.74 Å². The molecule has 0 aromatic heterocycles. The molecule has 0 amide bonds. The van der Waals surface area contributed by atoms with Gasteiger partial charge in [-0.2, -0.15) is 0 Å². The van der Waals surface area contributed by atoms with Gasteiger partial charge in [0.2, 0.25) is 0 Å². The minimum absolute atomic E-state index is 0.0732. The molecule has 3 rings (SSSR count). The fourth-order valence-electron chi connectivity index (χ4n) is 2.39. The highest BCUT2D eigenvalue weighted by atomic mass is 19.4. The summed E-state index contributed by atoms with van der Waals surface area (Å²) in [6.07, 6.45) is -5.04. The van der Waals surface area contributed by atoms with Crippen LogP contribution in [-0.2, 0) is 16.1 Å². The van der Waals surface area contributed by atoms with Crippen LogP contribution in [0.15, 0.2) is 29.3 Å². The molecule has 25 heavy (non-hydrogen) atoms. The number of amidine groups is 2. The molecule has 1 aromatic rings. The summed E-state index contributed by atoms with van der Waals surface area (Å²) in [6, 6.07) is 5.61. The molecule has 136 valence electrons. The van der Waals surface area contributed by atoms with Gasteiger partial charge in [-0.25, -0.2) is 0 Å². The first kappa shape index (κ1) is 17.1. The number of aliphatic imine (C=N–C) groups is 1. The Hall–Kier alpha value is -2.69. The SMILES string of the molecule is [O-]/[N+](O)=C1/CN2C[C@H](OCc3ccc(OC(F)(F)F)cc3)COC2=N1. The van der Waals surface area contributed by atoms with Gasteiger partial charge in [-0.05, 0) is 22.6 Å². The molecule has 2 aliphatic heterocycles. The van der Waals surface area contributed by atoms with E-state index in [9.17, 15) is 18.4 Å². The molecule has 1 N–H and O–H groups in total. The summed E-state index contributed by atoms with van der Waals surface area (Å²) < 4.78 is 51.1. The Bertz CT molecular complexity index is 686.